The van der Waals surface area contributed by atoms with Gasteiger partial charge < -0.3 is 14.5 Å². The Morgan fingerprint density at radius 2 is 2.04 bits per heavy atom. The van der Waals surface area contributed by atoms with E-state index in [1.54, 1.807) is 18.3 Å². The summed E-state index contributed by atoms with van der Waals surface area (Å²) in [4.78, 5) is 18.6. The maximum Gasteiger partial charge on any atom is 0.238 e. The van der Waals surface area contributed by atoms with E-state index in [9.17, 15) is 4.79 Å². The van der Waals surface area contributed by atoms with E-state index in [4.69, 9.17) is 20.8 Å². The van der Waals surface area contributed by atoms with Crippen LogP contribution in [0.3, 0.4) is 0 Å². The maximum absolute atomic E-state index is 12.5. The first kappa shape index (κ1) is 19.3. The van der Waals surface area contributed by atoms with Gasteiger partial charge in [-0.2, -0.15) is 0 Å². The second-order valence-corrected chi connectivity index (χ2v) is 7.60. The molecule has 0 radical (unpaired) electrons. The fourth-order valence-corrected chi connectivity index (χ4v) is 3.97. The third kappa shape index (κ3) is 4.51. The number of rotatable bonds is 5. The summed E-state index contributed by atoms with van der Waals surface area (Å²) in [6, 6.07) is 3.44. The average molecular weight is 406 g/mol. The second kappa shape index (κ2) is 8.98. The normalized spacial score (nSPS) is 21.5. The van der Waals surface area contributed by atoms with Gasteiger partial charge >= 0.3 is 0 Å². The maximum atomic E-state index is 12.5. The number of hydrogen-bond donors (Lipinski definition) is 1. The highest BCUT2D eigenvalue weighted by Gasteiger charge is 2.31. The van der Waals surface area contributed by atoms with Crippen molar-refractivity contribution >= 4 is 23.2 Å². The number of carbonyl (C=O) groups excluding carboxylic acids is 1. The predicted molar refractivity (Wildman–Crippen MR) is 103 cm³/mol. The van der Waals surface area contributed by atoms with Crippen molar-refractivity contribution in [2.45, 2.75) is 44.1 Å². The lowest BCUT2D eigenvalue weighted by Crippen LogP contribution is -2.39. The summed E-state index contributed by atoms with van der Waals surface area (Å²) in [7, 11) is 0. The van der Waals surface area contributed by atoms with Gasteiger partial charge in [0.25, 0.3) is 0 Å². The quantitative estimate of drug-likeness (QED) is 0.763. The number of carbonyl (C=O) groups is 1. The Bertz CT molecular complexity index is 808. The minimum Gasteiger partial charge on any atom is -0.423 e. The molecule has 2 aliphatic heterocycles. The SMILES string of the molecule is O=C(CN1CCCC[C@H]1c1nnc(C2CCOCC2)o1)Nc1cccnc1Cl. The van der Waals surface area contributed by atoms with E-state index < -0.39 is 0 Å². The van der Waals surface area contributed by atoms with Crippen molar-refractivity contribution in [1.29, 1.82) is 0 Å². The summed E-state index contributed by atoms with van der Waals surface area (Å²) in [6.07, 6.45) is 6.42. The summed E-state index contributed by atoms with van der Waals surface area (Å²) in [5.41, 5.74) is 0.516. The standard InChI is InChI=1S/C19H24ClN5O3/c20-17-14(4-3-8-21-17)22-16(26)12-25-9-2-1-5-15(25)19-24-23-18(28-19)13-6-10-27-11-7-13/h3-4,8,13,15H,1-2,5-7,9-12H2,(H,22,26)/t15-/m0/s1. The van der Waals surface area contributed by atoms with Crippen molar-refractivity contribution in [2.24, 2.45) is 0 Å². The molecular weight excluding hydrogens is 382 g/mol. The van der Waals surface area contributed by atoms with Gasteiger partial charge in [0.2, 0.25) is 17.7 Å². The number of hydrogen-bond acceptors (Lipinski definition) is 7. The highest BCUT2D eigenvalue weighted by atomic mass is 35.5. The number of amides is 1. The summed E-state index contributed by atoms with van der Waals surface area (Å²) in [5.74, 6) is 1.43. The molecule has 28 heavy (non-hydrogen) atoms. The summed E-state index contributed by atoms with van der Waals surface area (Å²) >= 11 is 6.03. The Hall–Kier alpha value is -2.03. The van der Waals surface area contributed by atoms with E-state index in [0.717, 1.165) is 51.9 Å². The van der Waals surface area contributed by atoms with Crippen LogP contribution in [0.5, 0.6) is 0 Å². The molecule has 2 saturated heterocycles. The molecule has 0 aromatic carbocycles. The van der Waals surface area contributed by atoms with Gasteiger partial charge in [0.15, 0.2) is 5.15 Å². The molecule has 9 heteroatoms. The van der Waals surface area contributed by atoms with Crippen LogP contribution in [0, 0.1) is 0 Å². The fraction of sp³-hybridized carbons (Fsp3) is 0.579. The monoisotopic (exact) mass is 405 g/mol. The molecule has 2 aliphatic rings. The number of likely N-dealkylation sites (tertiary alicyclic amines) is 1. The third-order valence-corrected chi connectivity index (χ3v) is 5.61. The van der Waals surface area contributed by atoms with Gasteiger partial charge in [-0.25, -0.2) is 4.98 Å². The molecular formula is C19H24ClN5O3. The Balaban J connectivity index is 1.42. The second-order valence-electron chi connectivity index (χ2n) is 7.24. The largest absolute Gasteiger partial charge is 0.423 e. The summed E-state index contributed by atoms with van der Waals surface area (Å²) < 4.78 is 11.4. The molecule has 2 fully saturated rings. The lowest BCUT2D eigenvalue weighted by molar-refractivity contribution is -0.118. The Labute approximate surface area is 168 Å². The van der Waals surface area contributed by atoms with E-state index in [2.05, 4.69) is 25.4 Å². The minimum atomic E-state index is -0.133. The number of halogens is 1. The predicted octanol–water partition coefficient (Wildman–Crippen LogP) is 3.18. The molecule has 8 nitrogen and oxygen atoms in total. The van der Waals surface area contributed by atoms with Gasteiger partial charge in [-0.1, -0.05) is 18.0 Å². The Kier molecular flexibility index (Phi) is 6.19. The molecule has 1 N–H and O–H groups in total. The van der Waals surface area contributed by atoms with Crippen LogP contribution in [0.4, 0.5) is 5.69 Å². The molecule has 0 spiro atoms. The van der Waals surface area contributed by atoms with Crippen LogP contribution in [0.2, 0.25) is 5.15 Å². The van der Waals surface area contributed by atoms with Crippen LogP contribution < -0.4 is 5.32 Å². The zero-order valence-corrected chi connectivity index (χ0v) is 16.4. The number of ether oxygens (including phenoxy) is 1. The molecule has 0 bridgehead atoms. The number of anilines is 1. The number of pyridine rings is 1. The van der Waals surface area contributed by atoms with Gasteiger partial charge in [-0.15, -0.1) is 10.2 Å². The van der Waals surface area contributed by atoms with E-state index in [-0.39, 0.29) is 29.6 Å². The highest BCUT2D eigenvalue weighted by Crippen LogP contribution is 2.33. The van der Waals surface area contributed by atoms with Gasteiger partial charge in [0.05, 0.1) is 18.3 Å². The fourth-order valence-electron chi connectivity index (χ4n) is 3.80. The van der Waals surface area contributed by atoms with Crippen LogP contribution in [0.15, 0.2) is 22.7 Å². The van der Waals surface area contributed by atoms with Gasteiger partial charge in [0, 0.05) is 25.3 Å². The van der Waals surface area contributed by atoms with Crippen LogP contribution in [-0.2, 0) is 9.53 Å². The van der Waals surface area contributed by atoms with Crippen molar-refractivity contribution in [2.75, 3.05) is 31.6 Å². The molecule has 1 amide bonds. The lowest BCUT2D eigenvalue weighted by Gasteiger charge is -2.32. The van der Waals surface area contributed by atoms with Crippen LogP contribution in [0.25, 0.3) is 0 Å². The molecule has 150 valence electrons. The zero-order valence-electron chi connectivity index (χ0n) is 15.6. The number of aromatic nitrogens is 3. The average Bonchev–Trinajstić information content (AvgIpc) is 3.21. The Morgan fingerprint density at radius 3 is 2.86 bits per heavy atom. The highest BCUT2D eigenvalue weighted by molar-refractivity contribution is 6.32. The molecule has 0 saturated carbocycles. The summed E-state index contributed by atoms with van der Waals surface area (Å²) in [6.45, 7) is 2.52. The molecule has 0 unspecified atom stereocenters. The number of nitrogens with one attached hydrogen (secondary N) is 1. The minimum absolute atomic E-state index is 0.0371. The molecule has 4 rings (SSSR count). The number of nitrogens with zero attached hydrogens (tertiary/aromatic N) is 4. The lowest BCUT2D eigenvalue weighted by atomic mass is 10.0. The van der Waals surface area contributed by atoms with E-state index in [1.165, 1.54) is 0 Å². The molecule has 2 aromatic rings. The van der Waals surface area contributed by atoms with E-state index in [0.29, 0.717) is 17.5 Å². The smallest absolute Gasteiger partial charge is 0.238 e. The van der Waals surface area contributed by atoms with Crippen molar-refractivity contribution < 1.29 is 13.9 Å². The van der Waals surface area contributed by atoms with Crippen LogP contribution >= 0.6 is 11.6 Å². The van der Waals surface area contributed by atoms with E-state index >= 15 is 0 Å². The van der Waals surface area contributed by atoms with Crippen LogP contribution in [0.1, 0.15) is 55.8 Å². The Morgan fingerprint density at radius 1 is 1.21 bits per heavy atom. The first-order valence-corrected chi connectivity index (χ1v) is 10.1. The first-order valence-electron chi connectivity index (χ1n) is 9.76. The third-order valence-electron chi connectivity index (χ3n) is 5.31. The van der Waals surface area contributed by atoms with E-state index in [1.807, 2.05) is 0 Å². The van der Waals surface area contributed by atoms with Crippen molar-refractivity contribution in [3.63, 3.8) is 0 Å². The van der Waals surface area contributed by atoms with Gasteiger partial charge in [0.1, 0.15) is 0 Å². The molecule has 4 heterocycles. The molecule has 0 aliphatic carbocycles. The zero-order chi connectivity index (χ0) is 19.3. The number of piperidine rings is 1. The van der Waals surface area contributed by atoms with Crippen LogP contribution in [-0.4, -0.2) is 52.3 Å². The van der Waals surface area contributed by atoms with Crippen molar-refractivity contribution in [1.82, 2.24) is 20.1 Å². The van der Waals surface area contributed by atoms with Gasteiger partial charge in [-0.05, 0) is 44.4 Å². The molecule has 2 aromatic heterocycles. The molecule has 1 atom stereocenters. The van der Waals surface area contributed by atoms with Crippen molar-refractivity contribution in [3.05, 3.63) is 35.3 Å². The topological polar surface area (TPSA) is 93.4 Å². The van der Waals surface area contributed by atoms with Gasteiger partial charge in [-0.3, -0.25) is 9.69 Å². The first-order chi connectivity index (χ1) is 13.7. The van der Waals surface area contributed by atoms with Crippen molar-refractivity contribution in [3.8, 4) is 0 Å². The summed E-state index contributed by atoms with van der Waals surface area (Å²) in [5, 5.41) is 11.7.